The molecule has 1 aromatic carbocycles. The monoisotopic (exact) mass is 364 g/mol. The summed E-state index contributed by atoms with van der Waals surface area (Å²) in [6, 6.07) is 8.21. The number of aryl methyl sites for hydroxylation is 2. The summed E-state index contributed by atoms with van der Waals surface area (Å²) in [5, 5.41) is 3.08. The number of fused-ring (bicyclic) bond motifs is 2. The van der Waals surface area contributed by atoms with Crippen molar-refractivity contribution in [1.29, 1.82) is 0 Å². The van der Waals surface area contributed by atoms with Gasteiger partial charge in [0.15, 0.2) is 0 Å². The molecule has 2 aliphatic rings. The molecule has 2 bridgehead atoms. The average Bonchev–Trinajstić information content (AvgIpc) is 2.93. The molecule has 0 aliphatic carbocycles. The predicted octanol–water partition coefficient (Wildman–Crippen LogP) is 2.66. The van der Waals surface area contributed by atoms with Gasteiger partial charge in [-0.3, -0.25) is 14.6 Å². The summed E-state index contributed by atoms with van der Waals surface area (Å²) in [6.45, 7) is 3.86. The molecule has 3 heterocycles. The summed E-state index contributed by atoms with van der Waals surface area (Å²) < 4.78 is 0. The van der Waals surface area contributed by atoms with Crippen LogP contribution >= 0.6 is 0 Å². The summed E-state index contributed by atoms with van der Waals surface area (Å²) in [5.41, 5.74) is 3.02. The van der Waals surface area contributed by atoms with E-state index in [1.165, 1.54) is 6.20 Å². The molecule has 0 radical (unpaired) electrons. The molecule has 2 fully saturated rings. The van der Waals surface area contributed by atoms with E-state index in [4.69, 9.17) is 0 Å². The molecule has 6 nitrogen and oxygen atoms in total. The topological polar surface area (TPSA) is 75.2 Å². The Morgan fingerprint density at radius 2 is 1.67 bits per heavy atom. The number of hydrogen-bond acceptors (Lipinski definition) is 4. The molecule has 0 saturated carbocycles. The lowest BCUT2D eigenvalue weighted by atomic mass is 9.96. The van der Waals surface area contributed by atoms with Gasteiger partial charge in [-0.25, -0.2) is 4.98 Å². The van der Waals surface area contributed by atoms with E-state index >= 15 is 0 Å². The summed E-state index contributed by atoms with van der Waals surface area (Å²) in [5.74, 6) is -0.0816. The molecular formula is C21H24N4O2. The van der Waals surface area contributed by atoms with Gasteiger partial charge in [0.1, 0.15) is 5.69 Å². The summed E-state index contributed by atoms with van der Waals surface area (Å²) in [4.78, 5) is 35.7. The van der Waals surface area contributed by atoms with Crippen LogP contribution in [0.2, 0.25) is 0 Å². The lowest BCUT2D eigenvalue weighted by Crippen LogP contribution is -2.52. The number of hydrogen-bond donors (Lipinski definition) is 1. The normalized spacial score (nSPS) is 23.9. The zero-order chi connectivity index (χ0) is 19.0. The molecular weight excluding hydrogens is 340 g/mol. The number of amides is 2. The highest BCUT2D eigenvalue weighted by Gasteiger charge is 2.43. The lowest BCUT2D eigenvalue weighted by molar-refractivity contribution is 0.0549. The highest BCUT2D eigenvalue weighted by molar-refractivity contribution is 5.95. The van der Waals surface area contributed by atoms with E-state index in [-0.39, 0.29) is 29.9 Å². The molecule has 0 spiro atoms. The van der Waals surface area contributed by atoms with Gasteiger partial charge >= 0.3 is 0 Å². The quantitative estimate of drug-likeness (QED) is 0.909. The molecule has 3 atom stereocenters. The second kappa shape index (κ2) is 7.10. The third-order valence-corrected chi connectivity index (χ3v) is 5.61. The first-order valence-electron chi connectivity index (χ1n) is 9.50. The standard InChI is InChI=1S/C21H24N4O2/c1-13-3-5-15(6-4-13)21(27)25-17-7-8-18(25)10-16(9-17)24-20(26)19-12-22-14(2)11-23-19/h3-6,11-12,16-18H,7-10H2,1-2H3,(H,24,26)/t16?,17-,18+. The molecule has 27 heavy (non-hydrogen) atoms. The Morgan fingerprint density at radius 1 is 1.00 bits per heavy atom. The lowest BCUT2D eigenvalue weighted by Gasteiger charge is -2.39. The minimum atomic E-state index is -0.190. The highest BCUT2D eigenvalue weighted by Crippen LogP contribution is 2.37. The zero-order valence-corrected chi connectivity index (χ0v) is 15.7. The smallest absolute Gasteiger partial charge is 0.271 e. The summed E-state index contributed by atoms with van der Waals surface area (Å²) >= 11 is 0. The van der Waals surface area contributed by atoms with E-state index in [1.807, 2.05) is 43.0 Å². The van der Waals surface area contributed by atoms with Crippen molar-refractivity contribution in [2.24, 2.45) is 0 Å². The van der Waals surface area contributed by atoms with E-state index < -0.39 is 0 Å². The fourth-order valence-corrected chi connectivity index (χ4v) is 4.24. The second-order valence-corrected chi connectivity index (χ2v) is 7.65. The first kappa shape index (κ1) is 17.6. The van der Waals surface area contributed by atoms with Crippen LogP contribution in [0.1, 0.15) is 57.8 Å². The average molecular weight is 364 g/mol. The number of nitrogens with zero attached hydrogens (tertiary/aromatic N) is 3. The Morgan fingerprint density at radius 3 is 2.26 bits per heavy atom. The zero-order valence-electron chi connectivity index (χ0n) is 15.7. The van der Waals surface area contributed by atoms with E-state index in [1.54, 1.807) is 6.20 Å². The first-order valence-corrected chi connectivity index (χ1v) is 9.50. The minimum Gasteiger partial charge on any atom is -0.348 e. The number of aromatic nitrogens is 2. The Labute approximate surface area is 159 Å². The van der Waals surface area contributed by atoms with E-state index in [2.05, 4.69) is 15.3 Å². The van der Waals surface area contributed by atoms with Crippen molar-refractivity contribution in [3.63, 3.8) is 0 Å². The van der Waals surface area contributed by atoms with Crippen LogP contribution in [0.3, 0.4) is 0 Å². The number of carbonyl (C=O) groups is 2. The predicted molar refractivity (Wildman–Crippen MR) is 101 cm³/mol. The third-order valence-electron chi connectivity index (χ3n) is 5.61. The molecule has 1 unspecified atom stereocenters. The van der Waals surface area contributed by atoms with Crippen molar-refractivity contribution in [1.82, 2.24) is 20.2 Å². The van der Waals surface area contributed by atoms with Crippen LogP contribution in [-0.2, 0) is 0 Å². The van der Waals surface area contributed by atoms with Crippen LogP contribution < -0.4 is 5.32 Å². The Kier molecular flexibility index (Phi) is 4.64. The van der Waals surface area contributed by atoms with Crippen molar-refractivity contribution in [3.05, 3.63) is 59.2 Å². The first-order chi connectivity index (χ1) is 13.0. The largest absolute Gasteiger partial charge is 0.348 e. The minimum absolute atomic E-state index is 0.0696. The van der Waals surface area contributed by atoms with Gasteiger partial charge in [0.05, 0.1) is 11.9 Å². The van der Waals surface area contributed by atoms with Crippen molar-refractivity contribution in [2.45, 2.75) is 57.7 Å². The van der Waals surface area contributed by atoms with E-state index in [0.717, 1.165) is 42.5 Å². The number of rotatable bonds is 3. The van der Waals surface area contributed by atoms with Gasteiger partial charge < -0.3 is 10.2 Å². The van der Waals surface area contributed by atoms with Gasteiger partial charge in [-0.15, -0.1) is 0 Å². The van der Waals surface area contributed by atoms with Crippen molar-refractivity contribution < 1.29 is 9.59 Å². The Balaban J connectivity index is 1.42. The van der Waals surface area contributed by atoms with Gasteiger partial charge in [-0.1, -0.05) is 17.7 Å². The fraction of sp³-hybridized carbons (Fsp3) is 0.429. The van der Waals surface area contributed by atoms with Gasteiger partial charge in [-0.05, 0) is 51.7 Å². The van der Waals surface area contributed by atoms with Crippen molar-refractivity contribution in [3.8, 4) is 0 Å². The van der Waals surface area contributed by atoms with Crippen LogP contribution in [0.15, 0.2) is 36.7 Å². The molecule has 1 aromatic heterocycles. The molecule has 6 heteroatoms. The van der Waals surface area contributed by atoms with E-state index in [0.29, 0.717) is 5.69 Å². The maximum Gasteiger partial charge on any atom is 0.271 e. The molecule has 2 saturated heterocycles. The van der Waals surface area contributed by atoms with Gasteiger partial charge in [0, 0.05) is 29.9 Å². The molecule has 2 amide bonds. The van der Waals surface area contributed by atoms with Crippen LogP contribution in [0, 0.1) is 13.8 Å². The number of nitrogens with one attached hydrogen (secondary N) is 1. The van der Waals surface area contributed by atoms with Crippen molar-refractivity contribution in [2.75, 3.05) is 0 Å². The molecule has 1 N–H and O–H groups in total. The Hall–Kier alpha value is -2.76. The molecule has 4 rings (SSSR count). The molecule has 140 valence electrons. The Bertz CT molecular complexity index is 833. The fourth-order valence-electron chi connectivity index (χ4n) is 4.24. The number of benzene rings is 1. The maximum absolute atomic E-state index is 13.0. The molecule has 2 aliphatic heterocycles. The van der Waals surface area contributed by atoms with Crippen molar-refractivity contribution >= 4 is 11.8 Å². The second-order valence-electron chi connectivity index (χ2n) is 7.65. The van der Waals surface area contributed by atoms with Crippen LogP contribution in [0.4, 0.5) is 0 Å². The van der Waals surface area contributed by atoms with Gasteiger partial charge in [0.25, 0.3) is 11.8 Å². The maximum atomic E-state index is 13.0. The summed E-state index contributed by atoms with van der Waals surface area (Å²) in [7, 11) is 0. The van der Waals surface area contributed by atoms with E-state index in [9.17, 15) is 9.59 Å². The van der Waals surface area contributed by atoms with Gasteiger partial charge in [-0.2, -0.15) is 0 Å². The number of piperidine rings is 1. The SMILES string of the molecule is Cc1ccc(C(=O)N2[C@@H]3CC[C@H]2CC(NC(=O)c2cnc(C)cn2)C3)cc1. The summed E-state index contributed by atoms with van der Waals surface area (Å²) in [6.07, 6.45) is 6.69. The number of carbonyl (C=O) groups excluding carboxylic acids is 2. The van der Waals surface area contributed by atoms with Crippen LogP contribution in [0.5, 0.6) is 0 Å². The van der Waals surface area contributed by atoms with Gasteiger partial charge in [0.2, 0.25) is 0 Å². The third kappa shape index (κ3) is 3.56. The highest BCUT2D eigenvalue weighted by atomic mass is 16.2. The molecule has 2 aromatic rings. The van der Waals surface area contributed by atoms with Crippen LogP contribution in [-0.4, -0.2) is 44.8 Å². The van der Waals surface area contributed by atoms with Crippen LogP contribution in [0.25, 0.3) is 0 Å².